The number of rotatable bonds is 4. The number of hydrogen-bond acceptors (Lipinski definition) is 6. The van der Waals surface area contributed by atoms with Gasteiger partial charge in [-0.1, -0.05) is 18.2 Å². The fraction of sp³-hybridized carbons (Fsp3) is 0. The Morgan fingerprint density at radius 2 is 1.90 bits per heavy atom. The van der Waals surface area contributed by atoms with Crippen LogP contribution in [-0.4, -0.2) is 21.4 Å². The van der Waals surface area contributed by atoms with E-state index in [1.165, 1.54) is 24.4 Å². The van der Waals surface area contributed by atoms with Crippen molar-refractivity contribution >= 4 is 17.6 Å². The standard InChI is InChI=1S/C13H11N3O4/c17-12-7-3-4-9(13(12)18)8-14-15-10-5-1-2-6-11(10)16(19)20/h1-8,15,17-18H/b14-8+. The first kappa shape index (κ1) is 13.3. The summed E-state index contributed by atoms with van der Waals surface area (Å²) in [5, 5.41) is 33.5. The van der Waals surface area contributed by atoms with Crippen molar-refractivity contribution in [2.45, 2.75) is 0 Å². The van der Waals surface area contributed by atoms with Crippen molar-refractivity contribution in [2.75, 3.05) is 5.43 Å². The Bertz CT molecular complexity index is 670. The fourth-order valence-electron chi connectivity index (χ4n) is 1.55. The van der Waals surface area contributed by atoms with Crippen LogP contribution in [0.25, 0.3) is 0 Å². The molecular formula is C13H11N3O4. The van der Waals surface area contributed by atoms with E-state index in [4.69, 9.17) is 0 Å². The number of nitrogens with one attached hydrogen (secondary N) is 1. The number of nitrogens with zero attached hydrogens (tertiary/aromatic N) is 2. The summed E-state index contributed by atoms with van der Waals surface area (Å²) in [6, 6.07) is 10.5. The number of phenols is 2. The smallest absolute Gasteiger partial charge is 0.294 e. The Labute approximate surface area is 114 Å². The minimum atomic E-state index is -0.524. The van der Waals surface area contributed by atoms with Crippen molar-refractivity contribution in [1.29, 1.82) is 0 Å². The lowest BCUT2D eigenvalue weighted by Gasteiger charge is -2.02. The zero-order chi connectivity index (χ0) is 14.5. The highest BCUT2D eigenvalue weighted by Crippen LogP contribution is 2.27. The molecule has 20 heavy (non-hydrogen) atoms. The fourth-order valence-corrected chi connectivity index (χ4v) is 1.55. The molecule has 0 aromatic heterocycles. The van der Waals surface area contributed by atoms with Crippen LogP contribution in [-0.2, 0) is 0 Å². The second kappa shape index (κ2) is 5.70. The van der Waals surface area contributed by atoms with Gasteiger partial charge in [0.25, 0.3) is 5.69 Å². The summed E-state index contributed by atoms with van der Waals surface area (Å²) < 4.78 is 0. The first-order valence-corrected chi connectivity index (χ1v) is 5.63. The third-order valence-electron chi connectivity index (χ3n) is 2.54. The quantitative estimate of drug-likeness (QED) is 0.343. The average Bonchev–Trinajstić information content (AvgIpc) is 2.44. The number of nitro benzene ring substituents is 1. The molecule has 7 heteroatoms. The third-order valence-corrected chi connectivity index (χ3v) is 2.54. The minimum absolute atomic E-state index is 0.107. The van der Waals surface area contributed by atoms with Gasteiger partial charge in [-0.15, -0.1) is 0 Å². The molecule has 0 aliphatic carbocycles. The van der Waals surface area contributed by atoms with Crippen LogP contribution in [0, 0.1) is 10.1 Å². The lowest BCUT2D eigenvalue weighted by molar-refractivity contribution is -0.384. The SMILES string of the molecule is O=[N+]([O-])c1ccccc1N/N=C/c1cccc(O)c1O. The molecule has 2 aromatic rings. The van der Waals surface area contributed by atoms with E-state index in [-0.39, 0.29) is 28.4 Å². The summed E-state index contributed by atoms with van der Waals surface area (Å²) in [7, 11) is 0. The van der Waals surface area contributed by atoms with Crippen molar-refractivity contribution in [3.63, 3.8) is 0 Å². The number of hydrazone groups is 1. The van der Waals surface area contributed by atoms with E-state index in [1.54, 1.807) is 24.3 Å². The van der Waals surface area contributed by atoms with Gasteiger partial charge in [0.1, 0.15) is 5.69 Å². The molecule has 0 unspecified atom stereocenters. The highest BCUT2D eigenvalue weighted by molar-refractivity contribution is 5.85. The first-order chi connectivity index (χ1) is 9.59. The molecule has 0 bridgehead atoms. The van der Waals surface area contributed by atoms with Crippen LogP contribution in [0.4, 0.5) is 11.4 Å². The van der Waals surface area contributed by atoms with Crippen LogP contribution < -0.4 is 5.43 Å². The molecule has 2 aromatic carbocycles. The largest absolute Gasteiger partial charge is 0.504 e. The number of hydrogen-bond donors (Lipinski definition) is 3. The molecule has 7 nitrogen and oxygen atoms in total. The van der Waals surface area contributed by atoms with E-state index in [1.807, 2.05) is 0 Å². The Kier molecular flexibility index (Phi) is 3.80. The predicted molar refractivity (Wildman–Crippen MR) is 74.1 cm³/mol. The van der Waals surface area contributed by atoms with Gasteiger partial charge in [-0.3, -0.25) is 15.5 Å². The third kappa shape index (κ3) is 2.83. The summed E-state index contributed by atoms with van der Waals surface area (Å²) >= 11 is 0. The molecule has 0 spiro atoms. The van der Waals surface area contributed by atoms with Gasteiger partial charge in [0, 0.05) is 11.6 Å². The molecule has 0 fully saturated rings. The lowest BCUT2D eigenvalue weighted by Crippen LogP contribution is -1.96. The highest BCUT2D eigenvalue weighted by atomic mass is 16.6. The number of benzene rings is 2. The van der Waals surface area contributed by atoms with Gasteiger partial charge in [0.2, 0.25) is 0 Å². The van der Waals surface area contributed by atoms with Crippen molar-refractivity contribution in [1.82, 2.24) is 0 Å². The molecule has 0 saturated carbocycles. The Morgan fingerprint density at radius 1 is 1.15 bits per heavy atom. The molecular weight excluding hydrogens is 262 g/mol. The van der Waals surface area contributed by atoms with Crippen LogP contribution in [0.5, 0.6) is 11.5 Å². The van der Waals surface area contributed by atoms with Crippen LogP contribution >= 0.6 is 0 Å². The highest BCUT2D eigenvalue weighted by Gasteiger charge is 2.11. The first-order valence-electron chi connectivity index (χ1n) is 5.63. The second-order valence-electron chi connectivity index (χ2n) is 3.86. The maximum absolute atomic E-state index is 10.8. The van der Waals surface area contributed by atoms with Gasteiger partial charge in [-0.25, -0.2) is 0 Å². The van der Waals surface area contributed by atoms with Gasteiger partial charge in [-0.2, -0.15) is 5.10 Å². The summed E-state index contributed by atoms with van der Waals surface area (Å²) in [5.74, 6) is -0.569. The second-order valence-corrected chi connectivity index (χ2v) is 3.86. The van der Waals surface area contributed by atoms with Crippen molar-refractivity contribution in [3.05, 3.63) is 58.1 Å². The molecule has 0 radical (unpaired) electrons. The maximum atomic E-state index is 10.8. The molecule has 0 atom stereocenters. The monoisotopic (exact) mass is 273 g/mol. The zero-order valence-corrected chi connectivity index (χ0v) is 10.2. The van der Waals surface area contributed by atoms with Crippen LogP contribution in [0.2, 0.25) is 0 Å². The van der Waals surface area contributed by atoms with Gasteiger partial charge in [0.05, 0.1) is 11.1 Å². The number of nitro groups is 1. The topological polar surface area (TPSA) is 108 Å². The molecule has 0 amide bonds. The van der Waals surface area contributed by atoms with Crippen molar-refractivity contribution in [2.24, 2.45) is 5.10 Å². The van der Waals surface area contributed by atoms with E-state index in [0.29, 0.717) is 0 Å². The van der Waals surface area contributed by atoms with E-state index in [2.05, 4.69) is 10.5 Å². The summed E-state index contributed by atoms with van der Waals surface area (Å²) in [4.78, 5) is 10.3. The number of aromatic hydroxyl groups is 2. The normalized spacial score (nSPS) is 10.6. The molecule has 0 aliphatic heterocycles. The Balaban J connectivity index is 2.19. The number of para-hydroxylation sites is 3. The molecule has 3 N–H and O–H groups in total. The molecule has 0 saturated heterocycles. The van der Waals surface area contributed by atoms with E-state index in [9.17, 15) is 20.3 Å². The van der Waals surface area contributed by atoms with Crippen LogP contribution in [0.3, 0.4) is 0 Å². The van der Waals surface area contributed by atoms with E-state index in [0.717, 1.165) is 0 Å². The van der Waals surface area contributed by atoms with Crippen molar-refractivity contribution in [3.8, 4) is 11.5 Å². The van der Waals surface area contributed by atoms with E-state index < -0.39 is 4.92 Å². The maximum Gasteiger partial charge on any atom is 0.294 e. The van der Waals surface area contributed by atoms with Gasteiger partial charge >= 0.3 is 0 Å². The predicted octanol–water partition coefficient (Wildman–Crippen LogP) is 2.45. The average molecular weight is 273 g/mol. The number of phenolic OH excluding ortho intramolecular Hbond substituents is 2. The summed E-state index contributed by atoms with van der Waals surface area (Å²) in [6.07, 6.45) is 1.26. The van der Waals surface area contributed by atoms with Crippen molar-refractivity contribution < 1.29 is 15.1 Å². The van der Waals surface area contributed by atoms with Crippen LogP contribution in [0.1, 0.15) is 5.56 Å². The van der Waals surface area contributed by atoms with Gasteiger partial charge in [0.15, 0.2) is 11.5 Å². The molecule has 2 rings (SSSR count). The van der Waals surface area contributed by atoms with Crippen LogP contribution in [0.15, 0.2) is 47.6 Å². The summed E-state index contributed by atoms with van der Waals surface area (Å²) in [5.41, 5.74) is 2.94. The van der Waals surface area contributed by atoms with Gasteiger partial charge < -0.3 is 10.2 Å². The molecule has 0 heterocycles. The lowest BCUT2D eigenvalue weighted by atomic mass is 10.2. The zero-order valence-electron chi connectivity index (χ0n) is 10.2. The Morgan fingerprint density at radius 3 is 2.65 bits per heavy atom. The Hall–Kier alpha value is -3.09. The van der Waals surface area contributed by atoms with E-state index >= 15 is 0 Å². The van der Waals surface area contributed by atoms with Gasteiger partial charge in [-0.05, 0) is 18.2 Å². The molecule has 102 valence electrons. The molecule has 0 aliphatic rings. The summed E-state index contributed by atoms with van der Waals surface area (Å²) in [6.45, 7) is 0. The minimum Gasteiger partial charge on any atom is -0.504 e. The number of anilines is 1.